The highest BCUT2D eigenvalue weighted by molar-refractivity contribution is 6.32. The van der Waals surface area contributed by atoms with Crippen LogP contribution in [-0.4, -0.2) is 15.0 Å². The monoisotopic (exact) mass is 296 g/mol. The summed E-state index contributed by atoms with van der Waals surface area (Å²) in [4.78, 5) is 19.1. The minimum Gasteiger partial charge on any atom is -0.502 e. The number of nitro groups is 2. The lowest BCUT2D eigenvalue weighted by atomic mass is 10.3. The molecule has 20 heavy (non-hydrogen) atoms. The Morgan fingerprint density at radius 3 is 1.65 bits per heavy atom. The van der Waals surface area contributed by atoms with Gasteiger partial charge >= 0.3 is 5.69 Å². The van der Waals surface area contributed by atoms with Crippen molar-refractivity contribution in [1.82, 2.24) is 0 Å². The van der Waals surface area contributed by atoms with Crippen molar-refractivity contribution >= 4 is 23.0 Å². The van der Waals surface area contributed by atoms with Crippen LogP contribution in [-0.2, 0) is 0 Å². The molecule has 0 bridgehead atoms. The van der Waals surface area contributed by atoms with Crippen LogP contribution in [0.5, 0.6) is 5.75 Å². The fraction of sp³-hybridized carbons (Fsp3) is 0. The zero-order valence-electron chi connectivity index (χ0n) is 9.97. The van der Waals surface area contributed by atoms with Gasteiger partial charge < -0.3 is 5.11 Å². The highest BCUT2D eigenvalue weighted by atomic mass is 35.5. The van der Waals surface area contributed by atoms with Gasteiger partial charge in [-0.1, -0.05) is 35.9 Å². The quantitative estimate of drug-likeness (QED) is 0.673. The summed E-state index contributed by atoms with van der Waals surface area (Å²) >= 11 is 5.48. The second-order valence-corrected chi connectivity index (χ2v) is 3.86. The standard InChI is InChI=1S/C6H4ClNO2.C6H5NO3/c7-5-3-1-2-4-6(5)8(9)10;8-6-4-2-1-3-5(6)7(9)10/h1-4H;1-4,8H. The lowest BCUT2D eigenvalue weighted by Crippen LogP contribution is -1.87. The Balaban J connectivity index is 0.000000200. The van der Waals surface area contributed by atoms with E-state index in [4.69, 9.17) is 16.7 Å². The summed E-state index contributed by atoms with van der Waals surface area (Å²) in [7, 11) is 0. The SMILES string of the molecule is O=[N+]([O-])c1ccccc1Cl.O=[N+]([O-])c1ccccc1O. The minimum atomic E-state index is -0.630. The average Bonchev–Trinajstić information content (AvgIpc) is 2.40. The first kappa shape index (κ1) is 15.4. The summed E-state index contributed by atoms with van der Waals surface area (Å²) in [6.07, 6.45) is 0. The number of aromatic hydroxyl groups is 1. The molecule has 104 valence electrons. The van der Waals surface area contributed by atoms with Gasteiger partial charge in [0.1, 0.15) is 5.02 Å². The van der Waals surface area contributed by atoms with Crippen molar-refractivity contribution < 1.29 is 15.0 Å². The largest absolute Gasteiger partial charge is 0.502 e. The van der Waals surface area contributed by atoms with Gasteiger partial charge in [0.25, 0.3) is 5.69 Å². The summed E-state index contributed by atoms with van der Waals surface area (Å²) < 4.78 is 0. The molecule has 0 saturated heterocycles. The lowest BCUT2D eigenvalue weighted by Gasteiger charge is -1.91. The molecule has 0 spiro atoms. The first-order valence-electron chi connectivity index (χ1n) is 5.24. The Labute approximate surface area is 118 Å². The van der Waals surface area contributed by atoms with E-state index in [9.17, 15) is 20.2 Å². The van der Waals surface area contributed by atoms with Crippen LogP contribution >= 0.6 is 11.6 Å². The molecule has 1 N–H and O–H groups in total. The van der Waals surface area contributed by atoms with Crippen molar-refractivity contribution in [2.45, 2.75) is 0 Å². The Kier molecular flexibility index (Phi) is 5.42. The molecule has 0 atom stereocenters. The van der Waals surface area contributed by atoms with Crippen LogP contribution in [0.3, 0.4) is 0 Å². The van der Waals surface area contributed by atoms with Gasteiger partial charge in [0.15, 0.2) is 5.75 Å². The number of hydrogen-bond donors (Lipinski definition) is 1. The van der Waals surface area contributed by atoms with Crippen molar-refractivity contribution in [3.63, 3.8) is 0 Å². The summed E-state index contributed by atoms with van der Waals surface area (Å²) in [5, 5.41) is 29.2. The summed E-state index contributed by atoms with van der Waals surface area (Å²) in [6.45, 7) is 0. The van der Waals surface area contributed by atoms with Crippen molar-refractivity contribution in [3.05, 3.63) is 73.8 Å². The Bertz CT molecular complexity index is 577. The molecular formula is C12H9ClN2O5. The molecule has 0 saturated carbocycles. The fourth-order valence-corrected chi connectivity index (χ4v) is 1.42. The fourth-order valence-electron chi connectivity index (χ4n) is 1.22. The van der Waals surface area contributed by atoms with Crippen LogP contribution in [0.2, 0.25) is 5.02 Å². The zero-order valence-corrected chi connectivity index (χ0v) is 10.7. The van der Waals surface area contributed by atoms with Gasteiger partial charge in [-0.2, -0.15) is 0 Å². The predicted octanol–water partition coefficient (Wildman–Crippen LogP) is 3.55. The van der Waals surface area contributed by atoms with Gasteiger partial charge in [-0.3, -0.25) is 20.2 Å². The number of rotatable bonds is 2. The smallest absolute Gasteiger partial charge is 0.310 e. The first-order valence-corrected chi connectivity index (χ1v) is 5.62. The van der Waals surface area contributed by atoms with Gasteiger partial charge in [-0.15, -0.1) is 0 Å². The number of hydrogen-bond acceptors (Lipinski definition) is 5. The Hall–Kier alpha value is -2.67. The van der Waals surface area contributed by atoms with E-state index < -0.39 is 9.85 Å². The van der Waals surface area contributed by atoms with E-state index in [2.05, 4.69) is 0 Å². The predicted molar refractivity (Wildman–Crippen MR) is 72.9 cm³/mol. The van der Waals surface area contributed by atoms with Crippen molar-refractivity contribution in [1.29, 1.82) is 0 Å². The topological polar surface area (TPSA) is 107 Å². The van der Waals surface area contributed by atoms with Crippen molar-refractivity contribution in [3.8, 4) is 5.75 Å². The van der Waals surface area contributed by atoms with Crippen molar-refractivity contribution in [2.24, 2.45) is 0 Å². The van der Waals surface area contributed by atoms with E-state index in [1.165, 1.54) is 36.4 Å². The van der Waals surface area contributed by atoms with E-state index in [0.717, 1.165) is 0 Å². The molecule has 0 fully saturated rings. The van der Waals surface area contributed by atoms with E-state index in [1.807, 2.05) is 0 Å². The Morgan fingerprint density at radius 1 is 0.850 bits per heavy atom. The molecule has 7 nitrogen and oxygen atoms in total. The van der Waals surface area contributed by atoms with Gasteiger partial charge in [0, 0.05) is 12.1 Å². The molecule has 0 unspecified atom stereocenters. The third-order valence-corrected chi connectivity index (χ3v) is 2.45. The van der Waals surface area contributed by atoms with Gasteiger partial charge in [0.05, 0.1) is 9.85 Å². The number of phenolic OH excluding ortho intramolecular Hbond substituents is 1. The summed E-state index contributed by atoms with van der Waals surface area (Å²) in [5.41, 5.74) is -0.313. The maximum Gasteiger partial charge on any atom is 0.310 e. The highest BCUT2D eigenvalue weighted by Gasteiger charge is 2.09. The van der Waals surface area contributed by atoms with E-state index in [-0.39, 0.29) is 22.1 Å². The summed E-state index contributed by atoms with van der Waals surface area (Å²) in [5.74, 6) is -0.299. The summed E-state index contributed by atoms with van der Waals surface area (Å²) in [6, 6.07) is 11.6. The number of halogens is 1. The second kappa shape index (κ2) is 7.05. The van der Waals surface area contributed by atoms with Crippen LogP contribution < -0.4 is 0 Å². The van der Waals surface area contributed by atoms with Crippen molar-refractivity contribution in [2.75, 3.05) is 0 Å². The number of benzene rings is 2. The maximum atomic E-state index is 10.1. The molecule has 0 amide bonds. The normalized spacial score (nSPS) is 9.25. The maximum absolute atomic E-state index is 10.1. The molecule has 0 aliphatic carbocycles. The number of nitro benzene ring substituents is 2. The van der Waals surface area contributed by atoms with E-state index in [1.54, 1.807) is 12.1 Å². The molecule has 8 heteroatoms. The van der Waals surface area contributed by atoms with Gasteiger partial charge in [-0.05, 0) is 12.1 Å². The van der Waals surface area contributed by atoms with Crippen LogP contribution in [0.15, 0.2) is 48.5 Å². The minimum absolute atomic E-state index is 0.0517. The molecule has 0 radical (unpaired) electrons. The lowest BCUT2D eigenvalue weighted by molar-refractivity contribution is -0.385. The van der Waals surface area contributed by atoms with Gasteiger partial charge in [-0.25, -0.2) is 0 Å². The number of phenols is 1. The molecule has 0 aromatic heterocycles. The van der Waals surface area contributed by atoms with E-state index in [0.29, 0.717) is 0 Å². The molecule has 2 rings (SSSR count). The Morgan fingerprint density at radius 2 is 1.30 bits per heavy atom. The molecule has 0 aliphatic heterocycles. The number of para-hydroxylation sites is 3. The molecule has 0 aliphatic rings. The van der Waals surface area contributed by atoms with E-state index >= 15 is 0 Å². The highest BCUT2D eigenvalue weighted by Crippen LogP contribution is 2.23. The first-order chi connectivity index (χ1) is 9.43. The molecule has 0 heterocycles. The molecule has 2 aromatic rings. The molecule has 2 aromatic carbocycles. The van der Waals surface area contributed by atoms with Crippen LogP contribution in [0.1, 0.15) is 0 Å². The third-order valence-electron chi connectivity index (χ3n) is 2.13. The van der Waals surface area contributed by atoms with Crippen LogP contribution in [0.4, 0.5) is 11.4 Å². The van der Waals surface area contributed by atoms with Gasteiger partial charge in [0.2, 0.25) is 0 Å². The average molecular weight is 297 g/mol. The molecular weight excluding hydrogens is 288 g/mol. The second-order valence-electron chi connectivity index (χ2n) is 3.45. The van der Waals surface area contributed by atoms with Crippen LogP contribution in [0.25, 0.3) is 0 Å². The van der Waals surface area contributed by atoms with Crippen LogP contribution in [0, 0.1) is 20.2 Å². The number of nitrogens with zero attached hydrogens (tertiary/aromatic N) is 2. The third kappa shape index (κ3) is 4.21. The zero-order chi connectivity index (χ0) is 15.1.